The first-order chi connectivity index (χ1) is 8.69. The van der Waals surface area contributed by atoms with Crippen molar-refractivity contribution in [1.82, 2.24) is 10.2 Å². The van der Waals surface area contributed by atoms with Gasteiger partial charge in [-0.1, -0.05) is 0 Å². The molecule has 2 unspecified atom stereocenters. The number of nitrogens with one attached hydrogen (secondary N) is 1. The number of ether oxygens (including phenoxy) is 1. The molecule has 1 heterocycles. The molecule has 0 aromatic heterocycles. The summed E-state index contributed by atoms with van der Waals surface area (Å²) in [7, 11) is 2.31. The molecule has 0 spiro atoms. The SMILES string of the molecule is CC(C1CC1)N(C)CC1(CNC2CC2)CCOC1. The van der Waals surface area contributed by atoms with Crippen molar-refractivity contribution in [2.24, 2.45) is 11.3 Å². The van der Waals surface area contributed by atoms with Crippen LogP contribution >= 0.6 is 0 Å². The summed E-state index contributed by atoms with van der Waals surface area (Å²) in [5.74, 6) is 0.964. The Labute approximate surface area is 111 Å². The highest BCUT2D eigenvalue weighted by atomic mass is 16.5. The van der Waals surface area contributed by atoms with Gasteiger partial charge in [0.05, 0.1) is 6.61 Å². The molecule has 0 aromatic carbocycles. The zero-order valence-corrected chi connectivity index (χ0v) is 12.0. The molecular weight excluding hydrogens is 224 g/mol. The van der Waals surface area contributed by atoms with Gasteiger partial charge in [-0.25, -0.2) is 0 Å². The Balaban J connectivity index is 1.54. The molecule has 3 rings (SSSR count). The van der Waals surface area contributed by atoms with Crippen molar-refractivity contribution < 1.29 is 4.74 Å². The topological polar surface area (TPSA) is 24.5 Å². The van der Waals surface area contributed by atoms with E-state index in [4.69, 9.17) is 4.74 Å². The van der Waals surface area contributed by atoms with Crippen LogP contribution in [0, 0.1) is 11.3 Å². The third-order valence-electron chi connectivity index (χ3n) is 5.11. The Morgan fingerprint density at radius 3 is 2.67 bits per heavy atom. The van der Waals surface area contributed by atoms with Crippen LogP contribution in [0.3, 0.4) is 0 Å². The smallest absolute Gasteiger partial charge is 0.0547 e. The van der Waals surface area contributed by atoms with Gasteiger partial charge in [0.25, 0.3) is 0 Å². The number of hydrogen-bond donors (Lipinski definition) is 1. The maximum atomic E-state index is 5.70. The molecule has 1 aliphatic heterocycles. The first-order valence-corrected chi connectivity index (χ1v) is 7.70. The lowest BCUT2D eigenvalue weighted by Crippen LogP contribution is -2.46. The highest BCUT2D eigenvalue weighted by Crippen LogP contribution is 2.37. The lowest BCUT2D eigenvalue weighted by molar-refractivity contribution is 0.0988. The minimum absolute atomic E-state index is 0.375. The van der Waals surface area contributed by atoms with Gasteiger partial charge in [0.2, 0.25) is 0 Å². The van der Waals surface area contributed by atoms with Crippen LogP contribution in [0.1, 0.15) is 39.0 Å². The average Bonchev–Trinajstić information content (AvgIpc) is 3.26. The van der Waals surface area contributed by atoms with E-state index in [2.05, 4.69) is 24.2 Å². The minimum Gasteiger partial charge on any atom is -0.381 e. The molecule has 0 aromatic rings. The van der Waals surface area contributed by atoms with Crippen molar-refractivity contribution >= 4 is 0 Å². The molecule has 3 nitrogen and oxygen atoms in total. The van der Waals surface area contributed by atoms with Crippen LogP contribution in [0.15, 0.2) is 0 Å². The second-order valence-electron chi connectivity index (χ2n) is 6.95. The summed E-state index contributed by atoms with van der Waals surface area (Å²) in [5.41, 5.74) is 0.375. The maximum Gasteiger partial charge on any atom is 0.0547 e. The van der Waals surface area contributed by atoms with Crippen LogP contribution in [0.5, 0.6) is 0 Å². The maximum absolute atomic E-state index is 5.70. The molecule has 0 amide bonds. The van der Waals surface area contributed by atoms with Gasteiger partial charge in [0, 0.05) is 37.2 Å². The summed E-state index contributed by atoms with van der Waals surface area (Å²) in [6, 6.07) is 1.57. The number of rotatable bonds is 7. The van der Waals surface area contributed by atoms with E-state index in [0.717, 1.165) is 37.8 Å². The van der Waals surface area contributed by atoms with Crippen molar-refractivity contribution in [3.8, 4) is 0 Å². The summed E-state index contributed by atoms with van der Waals surface area (Å²) >= 11 is 0. The Morgan fingerprint density at radius 2 is 2.11 bits per heavy atom. The molecule has 0 bridgehead atoms. The van der Waals surface area contributed by atoms with Crippen LogP contribution in [-0.4, -0.2) is 50.3 Å². The third kappa shape index (κ3) is 3.06. The van der Waals surface area contributed by atoms with Gasteiger partial charge in [0.1, 0.15) is 0 Å². The Bertz CT molecular complexity index is 280. The van der Waals surface area contributed by atoms with Crippen molar-refractivity contribution in [2.45, 2.75) is 51.1 Å². The summed E-state index contributed by atoms with van der Waals surface area (Å²) in [6.45, 7) is 6.66. The fraction of sp³-hybridized carbons (Fsp3) is 1.00. The van der Waals surface area contributed by atoms with E-state index >= 15 is 0 Å². The van der Waals surface area contributed by atoms with Crippen molar-refractivity contribution in [3.05, 3.63) is 0 Å². The van der Waals surface area contributed by atoms with Gasteiger partial charge in [0.15, 0.2) is 0 Å². The summed E-state index contributed by atoms with van der Waals surface area (Å²) < 4.78 is 5.70. The summed E-state index contributed by atoms with van der Waals surface area (Å²) in [4.78, 5) is 2.58. The molecule has 3 fully saturated rings. The fourth-order valence-electron chi connectivity index (χ4n) is 3.23. The molecule has 3 heteroatoms. The zero-order chi connectivity index (χ0) is 12.6. The molecule has 1 saturated heterocycles. The molecule has 0 radical (unpaired) electrons. The lowest BCUT2D eigenvalue weighted by Gasteiger charge is -2.35. The molecule has 1 N–H and O–H groups in total. The molecular formula is C15H28N2O. The van der Waals surface area contributed by atoms with Crippen LogP contribution < -0.4 is 5.32 Å². The Hall–Kier alpha value is -0.120. The molecule has 3 aliphatic rings. The average molecular weight is 252 g/mol. The van der Waals surface area contributed by atoms with Crippen molar-refractivity contribution in [1.29, 1.82) is 0 Å². The first-order valence-electron chi connectivity index (χ1n) is 7.70. The van der Waals surface area contributed by atoms with E-state index in [-0.39, 0.29) is 0 Å². The fourth-order valence-corrected chi connectivity index (χ4v) is 3.23. The van der Waals surface area contributed by atoms with Crippen molar-refractivity contribution in [2.75, 3.05) is 33.4 Å². The standard InChI is InChI=1S/C15H28N2O/c1-12(13-3-4-13)17(2)10-15(7-8-18-11-15)9-16-14-5-6-14/h12-14,16H,3-11H2,1-2H3. The predicted octanol–water partition coefficient (Wildman–Crippen LogP) is 1.88. The van der Waals surface area contributed by atoms with Gasteiger partial charge >= 0.3 is 0 Å². The molecule has 2 atom stereocenters. The molecule has 2 saturated carbocycles. The van der Waals surface area contributed by atoms with Crippen LogP contribution in [0.4, 0.5) is 0 Å². The number of hydrogen-bond acceptors (Lipinski definition) is 3. The minimum atomic E-state index is 0.375. The van der Waals surface area contributed by atoms with E-state index < -0.39 is 0 Å². The van der Waals surface area contributed by atoms with Gasteiger partial charge in [-0.15, -0.1) is 0 Å². The van der Waals surface area contributed by atoms with Crippen LogP contribution in [0.2, 0.25) is 0 Å². The van der Waals surface area contributed by atoms with E-state index in [1.165, 1.54) is 38.6 Å². The van der Waals surface area contributed by atoms with Gasteiger partial charge in [-0.2, -0.15) is 0 Å². The molecule has 104 valence electrons. The monoisotopic (exact) mass is 252 g/mol. The summed E-state index contributed by atoms with van der Waals surface area (Å²) in [5, 5.41) is 3.72. The second-order valence-corrected chi connectivity index (χ2v) is 6.95. The molecule has 18 heavy (non-hydrogen) atoms. The van der Waals surface area contributed by atoms with Crippen molar-refractivity contribution in [3.63, 3.8) is 0 Å². The van der Waals surface area contributed by atoms with Gasteiger partial charge in [-0.3, -0.25) is 0 Å². The normalized spacial score (nSPS) is 34.2. The largest absolute Gasteiger partial charge is 0.381 e. The quantitative estimate of drug-likeness (QED) is 0.749. The highest BCUT2D eigenvalue weighted by molar-refractivity contribution is 4.94. The van der Waals surface area contributed by atoms with E-state index in [9.17, 15) is 0 Å². The van der Waals surface area contributed by atoms with Crippen LogP contribution in [-0.2, 0) is 4.74 Å². The number of nitrogens with zero attached hydrogens (tertiary/aromatic N) is 1. The first kappa shape index (κ1) is 12.9. The van der Waals surface area contributed by atoms with Gasteiger partial charge < -0.3 is 15.0 Å². The zero-order valence-electron chi connectivity index (χ0n) is 12.0. The Morgan fingerprint density at radius 1 is 1.33 bits per heavy atom. The van der Waals surface area contributed by atoms with E-state index in [0.29, 0.717) is 5.41 Å². The third-order valence-corrected chi connectivity index (χ3v) is 5.11. The Kier molecular flexibility index (Phi) is 3.65. The van der Waals surface area contributed by atoms with E-state index in [1.54, 1.807) is 0 Å². The highest BCUT2D eigenvalue weighted by Gasteiger charge is 2.40. The van der Waals surface area contributed by atoms with E-state index in [1.807, 2.05) is 0 Å². The van der Waals surface area contributed by atoms with Gasteiger partial charge in [-0.05, 0) is 52.0 Å². The summed E-state index contributed by atoms with van der Waals surface area (Å²) in [6.07, 6.45) is 6.87. The van der Waals surface area contributed by atoms with Crippen LogP contribution in [0.25, 0.3) is 0 Å². The predicted molar refractivity (Wildman–Crippen MR) is 73.7 cm³/mol. The second kappa shape index (κ2) is 5.10. The lowest BCUT2D eigenvalue weighted by atomic mass is 9.86. The molecule has 2 aliphatic carbocycles.